The van der Waals surface area contributed by atoms with E-state index in [-0.39, 0.29) is 16.3 Å². The summed E-state index contributed by atoms with van der Waals surface area (Å²) in [6, 6.07) is 5.45. The van der Waals surface area contributed by atoms with E-state index in [1.54, 1.807) is 6.07 Å². The summed E-state index contributed by atoms with van der Waals surface area (Å²) in [6.07, 6.45) is 1.09. The van der Waals surface area contributed by atoms with Crippen LogP contribution in [0.5, 0.6) is 0 Å². The highest BCUT2D eigenvalue weighted by Crippen LogP contribution is 2.28. The molecule has 6 heteroatoms. The zero-order valence-corrected chi connectivity index (χ0v) is 10.3. The molecule has 0 spiro atoms. The van der Waals surface area contributed by atoms with Gasteiger partial charge in [0, 0.05) is 11.8 Å². The van der Waals surface area contributed by atoms with E-state index in [4.69, 9.17) is 28.3 Å². The Balaban J connectivity index is 2.51. The van der Waals surface area contributed by atoms with Crippen LogP contribution >= 0.6 is 23.2 Å². The van der Waals surface area contributed by atoms with Crippen molar-refractivity contribution in [2.24, 2.45) is 0 Å². The topological polar surface area (TPSA) is 50.2 Å². The quantitative estimate of drug-likeness (QED) is 0.911. The molecule has 0 amide bonds. The van der Waals surface area contributed by atoms with Crippen LogP contribution < -0.4 is 0 Å². The van der Waals surface area contributed by atoms with Crippen LogP contribution in [0.4, 0.5) is 4.39 Å². The molecule has 0 aliphatic rings. The van der Waals surface area contributed by atoms with E-state index in [2.05, 4.69) is 4.98 Å². The minimum Gasteiger partial charge on any atom is -0.478 e. The highest BCUT2D eigenvalue weighted by atomic mass is 35.5. The summed E-state index contributed by atoms with van der Waals surface area (Å²) in [7, 11) is 0. The molecule has 0 aliphatic heterocycles. The van der Waals surface area contributed by atoms with Crippen molar-refractivity contribution < 1.29 is 14.3 Å². The molecule has 0 fully saturated rings. The maximum atomic E-state index is 13.7. The number of aromatic nitrogens is 1. The highest BCUT2D eigenvalue weighted by molar-refractivity contribution is 6.42. The number of carboxylic acid groups (broad SMARTS) is 1. The number of hydrogen-bond donors (Lipinski definition) is 1. The van der Waals surface area contributed by atoms with E-state index in [1.807, 2.05) is 0 Å². The van der Waals surface area contributed by atoms with E-state index in [9.17, 15) is 9.18 Å². The molecule has 1 aromatic heterocycles. The SMILES string of the molecule is O=C(O)c1cnc(-c2ccc(Cl)c(Cl)c2)c(F)c1. The standard InChI is InChI=1S/C12H6Cl2FNO2/c13-8-2-1-6(3-9(8)14)11-10(15)4-7(5-16-11)12(17)18/h1-5H,(H,17,18). The Morgan fingerprint density at radius 1 is 1.22 bits per heavy atom. The molecule has 0 atom stereocenters. The molecule has 3 nitrogen and oxygen atoms in total. The summed E-state index contributed by atoms with van der Waals surface area (Å²) < 4.78 is 13.7. The number of halogens is 3. The fourth-order valence-electron chi connectivity index (χ4n) is 1.41. The Morgan fingerprint density at radius 3 is 2.50 bits per heavy atom. The second kappa shape index (κ2) is 4.92. The monoisotopic (exact) mass is 285 g/mol. The average Bonchev–Trinajstić information content (AvgIpc) is 2.32. The zero-order chi connectivity index (χ0) is 13.3. The molecule has 92 valence electrons. The van der Waals surface area contributed by atoms with Gasteiger partial charge in [-0.1, -0.05) is 29.3 Å². The van der Waals surface area contributed by atoms with Gasteiger partial charge in [0.05, 0.1) is 15.6 Å². The molecule has 2 aromatic rings. The van der Waals surface area contributed by atoms with Crippen molar-refractivity contribution in [1.82, 2.24) is 4.98 Å². The smallest absolute Gasteiger partial charge is 0.337 e. The number of rotatable bonds is 2. The van der Waals surface area contributed by atoms with E-state index in [0.717, 1.165) is 12.3 Å². The predicted molar refractivity (Wildman–Crippen MR) is 66.6 cm³/mol. The lowest BCUT2D eigenvalue weighted by molar-refractivity contribution is 0.0696. The molecule has 0 saturated heterocycles. The van der Waals surface area contributed by atoms with Crippen molar-refractivity contribution >= 4 is 29.2 Å². The lowest BCUT2D eigenvalue weighted by Crippen LogP contribution is -2.00. The number of hydrogen-bond acceptors (Lipinski definition) is 2. The Labute approximate surface area is 112 Å². The largest absolute Gasteiger partial charge is 0.478 e. The maximum absolute atomic E-state index is 13.7. The number of pyridine rings is 1. The third-order valence-corrected chi connectivity index (χ3v) is 3.02. The maximum Gasteiger partial charge on any atom is 0.337 e. The number of nitrogens with zero attached hydrogens (tertiary/aromatic N) is 1. The van der Waals surface area contributed by atoms with E-state index >= 15 is 0 Å². The van der Waals surface area contributed by atoms with Gasteiger partial charge in [0.25, 0.3) is 0 Å². The third kappa shape index (κ3) is 2.44. The van der Waals surface area contributed by atoms with Gasteiger partial charge in [0.2, 0.25) is 0 Å². The summed E-state index contributed by atoms with van der Waals surface area (Å²) in [4.78, 5) is 14.4. The van der Waals surface area contributed by atoms with Crippen LogP contribution in [0.2, 0.25) is 10.0 Å². The molecular weight excluding hydrogens is 280 g/mol. The Morgan fingerprint density at radius 2 is 1.94 bits per heavy atom. The Hall–Kier alpha value is -1.65. The molecule has 1 heterocycles. The second-order valence-corrected chi connectivity index (χ2v) is 4.30. The first-order valence-electron chi connectivity index (χ1n) is 4.83. The fourth-order valence-corrected chi connectivity index (χ4v) is 1.71. The average molecular weight is 286 g/mol. The van der Waals surface area contributed by atoms with Crippen LogP contribution in [0.1, 0.15) is 10.4 Å². The molecule has 1 aromatic carbocycles. The van der Waals surface area contributed by atoms with Gasteiger partial charge in [-0.2, -0.15) is 0 Å². The summed E-state index contributed by atoms with van der Waals surface area (Å²) >= 11 is 11.6. The molecule has 18 heavy (non-hydrogen) atoms. The summed E-state index contributed by atoms with van der Waals surface area (Å²) in [5, 5.41) is 9.33. The minimum absolute atomic E-state index is 0.0265. The van der Waals surface area contributed by atoms with Crippen LogP contribution in [0.3, 0.4) is 0 Å². The van der Waals surface area contributed by atoms with Gasteiger partial charge in [-0.3, -0.25) is 4.98 Å². The Bertz CT molecular complexity index is 631. The van der Waals surface area contributed by atoms with Crippen LogP contribution in [-0.2, 0) is 0 Å². The summed E-state index contributed by atoms with van der Waals surface area (Å²) in [6.45, 7) is 0. The van der Waals surface area contributed by atoms with Crippen LogP contribution in [-0.4, -0.2) is 16.1 Å². The second-order valence-electron chi connectivity index (χ2n) is 3.49. The van der Waals surface area contributed by atoms with Crippen molar-refractivity contribution in [2.75, 3.05) is 0 Å². The van der Waals surface area contributed by atoms with Crippen molar-refractivity contribution in [3.63, 3.8) is 0 Å². The molecular formula is C12H6Cl2FNO2. The molecule has 2 rings (SSSR count). The zero-order valence-electron chi connectivity index (χ0n) is 8.82. The van der Waals surface area contributed by atoms with Crippen LogP contribution in [0, 0.1) is 5.82 Å². The molecule has 1 N–H and O–H groups in total. The van der Waals surface area contributed by atoms with Crippen molar-refractivity contribution in [3.05, 3.63) is 51.9 Å². The van der Waals surface area contributed by atoms with Crippen molar-refractivity contribution in [2.45, 2.75) is 0 Å². The van der Waals surface area contributed by atoms with Gasteiger partial charge in [-0.05, 0) is 18.2 Å². The number of aromatic carboxylic acids is 1. The summed E-state index contributed by atoms with van der Waals surface area (Å²) in [5.74, 6) is -1.96. The number of carboxylic acids is 1. The molecule has 0 unspecified atom stereocenters. The fraction of sp³-hybridized carbons (Fsp3) is 0. The Kier molecular flexibility index (Phi) is 3.50. The van der Waals surface area contributed by atoms with Crippen LogP contribution in [0.25, 0.3) is 11.3 Å². The molecule has 0 bridgehead atoms. The van der Waals surface area contributed by atoms with Gasteiger partial charge in [0.15, 0.2) is 0 Å². The number of carbonyl (C=O) groups is 1. The predicted octanol–water partition coefficient (Wildman–Crippen LogP) is 3.89. The van der Waals surface area contributed by atoms with Crippen molar-refractivity contribution in [1.29, 1.82) is 0 Å². The first-order valence-corrected chi connectivity index (χ1v) is 5.59. The van der Waals surface area contributed by atoms with Gasteiger partial charge in [0.1, 0.15) is 11.5 Å². The lowest BCUT2D eigenvalue weighted by atomic mass is 10.1. The minimum atomic E-state index is -1.23. The van der Waals surface area contributed by atoms with Gasteiger partial charge in [-0.15, -0.1) is 0 Å². The summed E-state index contributed by atoms with van der Waals surface area (Å²) in [5.41, 5.74) is 0.244. The highest BCUT2D eigenvalue weighted by Gasteiger charge is 2.12. The molecule has 0 saturated carbocycles. The number of benzene rings is 1. The van der Waals surface area contributed by atoms with E-state index in [1.165, 1.54) is 12.1 Å². The molecule has 0 radical (unpaired) electrons. The van der Waals surface area contributed by atoms with Crippen LogP contribution in [0.15, 0.2) is 30.5 Å². The first kappa shape index (κ1) is 12.8. The lowest BCUT2D eigenvalue weighted by Gasteiger charge is -2.05. The molecule has 0 aliphatic carbocycles. The van der Waals surface area contributed by atoms with Gasteiger partial charge >= 0.3 is 5.97 Å². The van der Waals surface area contributed by atoms with E-state index in [0.29, 0.717) is 10.6 Å². The van der Waals surface area contributed by atoms with Crippen molar-refractivity contribution in [3.8, 4) is 11.3 Å². The normalized spacial score (nSPS) is 10.4. The third-order valence-electron chi connectivity index (χ3n) is 2.28. The first-order chi connectivity index (χ1) is 8.49. The van der Waals surface area contributed by atoms with Gasteiger partial charge < -0.3 is 5.11 Å². The van der Waals surface area contributed by atoms with E-state index < -0.39 is 11.8 Å². The van der Waals surface area contributed by atoms with Gasteiger partial charge in [-0.25, -0.2) is 9.18 Å².